The fourth-order valence-corrected chi connectivity index (χ4v) is 2.85. The summed E-state index contributed by atoms with van der Waals surface area (Å²) in [5, 5.41) is 0. The van der Waals surface area contributed by atoms with E-state index in [-0.39, 0.29) is 5.41 Å². The third-order valence-electron chi connectivity index (χ3n) is 4.45. The summed E-state index contributed by atoms with van der Waals surface area (Å²) >= 11 is 0. The highest BCUT2D eigenvalue weighted by Crippen LogP contribution is 2.40. The predicted octanol–water partition coefficient (Wildman–Crippen LogP) is 6.55. The molecule has 0 radical (unpaired) electrons. The quantitative estimate of drug-likeness (QED) is 0.498. The lowest BCUT2D eigenvalue weighted by atomic mass is 9.69. The summed E-state index contributed by atoms with van der Waals surface area (Å²) in [6.45, 7) is 22.5. The van der Waals surface area contributed by atoms with Crippen LogP contribution in [0.3, 0.4) is 0 Å². The average Bonchev–Trinajstić information content (AvgIpc) is 2.17. The molecule has 0 aromatic rings. The topological polar surface area (TPSA) is 0 Å². The van der Waals surface area contributed by atoms with E-state index < -0.39 is 0 Å². The second-order valence-electron chi connectivity index (χ2n) is 8.79. The highest BCUT2D eigenvalue weighted by molar-refractivity contribution is 5.29. The van der Waals surface area contributed by atoms with Gasteiger partial charge in [0.05, 0.1) is 0 Å². The Morgan fingerprint density at radius 1 is 1.05 bits per heavy atom. The highest BCUT2D eigenvalue weighted by atomic mass is 14.3. The summed E-state index contributed by atoms with van der Waals surface area (Å²) < 4.78 is 0. The van der Waals surface area contributed by atoms with Gasteiger partial charge in [-0.3, -0.25) is 0 Å². The van der Waals surface area contributed by atoms with E-state index in [2.05, 4.69) is 66.9 Å². The van der Waals surface area contributed by atoms with Crippen molar-refractivity contribution in [1.82, 2.24) is 0 Å². The van der Waals surface area contributed by atoms with Crippen molar-refractivity contribution in [3.8, 4) is 0 Å². The first-order valence-corrected chi connectivity index (χ1v) is 8.06. The molecule has 1 saturated carbocycles. The van der Waals surface area contributed by atoms with Crippen molar-refractivity contribution in [2.75, 3.05) is 0 Å². The number of rotatable bonds is 5. The molecular weight excluding hydrogens is 240 g/mol. The van der Waals surface area contributed by atoms with E-state index >= 15 is 0 Å². The first-order valence-electron chi connectivity index (χ1n) is 8.06. The maximum absolute atomic E-state index is 4.35. The van der Waals surface area contributed by atoms with Gasteiger partial charge in [0, 0.05) is 0 Å². The van der Waals surface area contributed by atoms with Crippen LogP contribution in [0.25, 0.3) is 0 Å². The third-order valence-corrected chi connectivity index (χ3v) is 4.45. The van der Waals surface area contributed by atoms with E-state index in [1.165, 1.54) is 36.8 Å². The van der Waals surface area contributed by atoms with E-state index in [1.54, 1.807) is 0 Å². The van der Waals surface area contributed by atoms with Gasteiger partial charge in [-0.25, -0.2) is 0 Å². The van der Waals surface area contributed by atoms with Crippen LogP contribution in [-0.2, 0) is 0 Å². The van der Waals surface area contributed by atoms with Crippen LogP contribution in [0.5, 0.6) is 0 Å². The van der Waals surface area contributed by atoms with Crippen molar-refractivity contribution in [3.05, 3.63) is 36.5 Å². The zero-order chi connectivity index (χ0) is 15.6. The lowest BCUT2D eigenvalue weighted by molar-refractivity contribution is 0.200. The number of hydrogen-bond donors (Lipinski definition) is 0. The molecule has 0 saturated heterocycles. The van der Waals surface area contributed by atoms with E-state index in [1.807, 2.05) is 0 Å². The molecule has 20 heavy (non-hydrogen) atoms. The van der Waals surface area contributed by atoms with Crippen LogP contribution in [0.15, 0.2) is 36.5 Å². The highest BCUT2D eigenvalue weighted by Gasteiger charge is 2.30. The molecule has 1 rings (SSSR count). The van der Waals surface area contributed by atoms with E-state index in [4.69, 9.17) is 0 Å². The maximum Gasteiger partial charge on any atom is -0.0114 e. The third kappa shape index (κ3) is 5.31. The first-order chi connectivity index (χ1) is 9.00. The zero-order valence-corrected chi connectivity index (χ0v) is 14.6. The van der Waals surface area contributed by atoms with Crippen molar-refractivity contribution in [2.45, 2.75) is 67.2 Å². The Kier molecular flexibility index (Phi) is 5.46. The van der Waals surface area contributed by atoms with Gasteiger partial charge in [0.25, 0.3) is 0 Å². The molecule has 114 valence electrons. The Balaban J connectivity index is 2.72. The Morgan fingerprint density at radius 3 is 1.95 bits per heavy atom. The molecule has 0 heteroatoms. The van der Waals surface area contributed by atoms with Crippen molar-refractivity contribution in [3.63, 3.8) is 0 Å². The monoisotopic (exact) mass is 274 g/mol. The summed E-state index contributed by atoms with van der Waals surface area (Å²) in [5.41, 5.74) is 3.14. The van der Waals surface area contributed by atoms with Crippen LogP contribution in [-0.4, -0.2) is 0 Å². The molecule has 1 aliphatic carbocycles. The molecule has 1 aliphatic rings. The van der Waals surface area contributed by atoms with Gasteiger partial charge in [0.1, 0.15) is 0 Å². The van der Waals surface area contributed by atoms with Crippen molar-refractivity contribution < 1.29 is 0 Å². The number of allylic oxidation sites excluding steroid dienone is 4. The molecular formula is C20H34. The molecule has 1 fully saturated rings. The molecule has 1 atom stereocenters. The van der Waals surface area contributed by atoms with Gasteiger partial charge in [-0.05, 0) is 41.9 Å². The van der Waals surface area contributed by atoms with Crippen molar-refractivity contribution >= 4 is 0 Å². The molecule has 0 aromatic heterocycles. The summed E-state index contributed by atoms with van der Waals surface area (Å²) in [6.07, 6.45) is 9.62. The number of hydrogen-bond acceptors (Lipinski definition) is 0. The molecule has 1 unspecified atom stereocenters. The second-order valence-corrected chi connectivity index (χ2v) is 8.79. The molecule has 0 nitrogen and oxygen atoms in total. The average molecular weight is 274 g/mol. The largest absolute Gasteiger partial charge is 0.0955 e. The van der Waals surface area contributed by atoms with Crippen molar-refractivity contribution in [2.24, 2.45) is 22.7 Å². The Bertz CT molecular complexity index is 377. The van der Waals surface area contributed by atoms with E-state index in [0.717, 1.165) is 5.92 Å². The van der Waals surface area contributed by atoms with Gasteiger partial charge in [0.15, 0.2) is 0 Å². The summed E-state index contributed by atoms with van der Waals surface area (Å²) in [7, 11) is 0. The Hall–Kier alpha value is -0.780. The fourth-order valence-electron chi connectivity index (χ4n) is 2.85. The lowest BCUT2D eigenvalue weighted by Gasteiger charge is -2.36. The van der Waals surface area contributed by atoms with Crippen LogP contribution >= 0.6 is 0 Å². The normalized spacial score (nSPS) is 18.9. The van der Waals surface area contributed by atoms with Gasteiger partial charge in [0.2, 0.25) is 0 Å². The van der Waals surface area contributed by atoms with Crippen LogP contribution in [0.1, 0.15) is 67.2 Å². The lowest BCUT2D eigenvalue weighted by Crippen LogP contribution is -2.26. The minimum atomic E-state index is 0.256. The van der Waals surface area contributed by atoms with Crippen LogP contribution in [0.2, 0.25) is 0 Å². The van der Waals surface area contributed by atoms with Crippen LogP contribution in [0, 0.1) is 22.7 Å². The summed E-state index contributed by atoms with van der Waals surface area (Å²) in [5.74, 6) is 1.25. The molecule has 0 spiro atoms. The Morgan fingerprint density at radius 2 is 1.60 bits per heavy atom. The Labute approximate surface area is 127 Å². The minimum Gasteiger partial charge on any atom is -0.0955 e. The van der Waals surface area contributed by atoms with Crippen LogP contribution in [0.4, 0.5) is 0 Å². The predicted molar refractivity (Wildman–Crippen MR) is 91.8 cm³/mol. The molecule has 0 heterocycles. The molecule has 0 amide bonds. The molecule has 0 N–H and O–H groups in total. The van der Waals surface area contributed by atoms with Gasteiger partial charge in [-0.1, -0.05) is 84.4 Å². The van der Waals surface area contributed by atoms with Gasteiger partial charge in [-0.2, -0.15) is 0 Å². The van der Waals surface area contributed by atoms with Crippen molar-refractivity contribution in [1.29, 1.82) is 0 Å². The second kappa shape index (κ2) is 6.33. The van der Waals surface area contributed by atoms with E-state index in [0.29, 0.717) is 11.3 Å². The first kappa shape index (κ1) is 17.3. The smallest absolute Gasteiger partial charge is 0.0114 e. The molecule has 0 bridgehead atoms. The molecule has 0 aromatic carbocycles. The fraction of sp³-hybridized carbons (Fsp3) is 0.700. The summed E-state index contributed by atoms with van der Waals surface area (Å²) in [4.78, 5) is 0. The van der Waals surface area contributed by atoms with Gasteiger partial charge in [-0.15, -0.1) is 0 Å². The SMILES string of the molecule is C=C(/C=C\C(=C)C(CC(C)(C)C)C(C)(C)C)C1CCC1. The maximum atomic E-state index is 4.35. The van der Waals surface area contributed by atoms with Gasteiger partial charge < -0.3 is 0 Å². The van der Waals surface area contributed by atoms with E-state index in [9.17, 15) is 0 Å². The van der Waals surface area contributed by atoms with Gasteiger partial charge >= 0.3 is 0 Å². The minimum absolute atomic E-state index is 0.256. The standard InChI is InChI=1S/C20H34/c1-15(17-10-9-11-17)12-13-16(2)18(20(6,7)8)14-19(3,4)5/h12-13,17-18H,1-2,9-11,14H2,3-8H3/b13-12-. The molecule has 0 aliphatic heterocycles. The van der Waals surface area contributed by atoms with Crippen LogP contribution < -0.4 is 0 Å². The zero-order valence-electron chi connectivity index (χ0n) is 14.6. The summed E-state index contributed by atoms with van der Waals surface area (Å²) in [6, 6.07) is 0.